The summed E-state index contributed by atoms with van der Waals surface area (Å²) in [5.41, 5.74) is 7.44. The highest BCUT2D eigenvalue weighted by Gasteiger charge is 2.32. The molecule has 48 heavy (non-hydrogen) atoms. The van der Waals surface area contributed by atoms with Crippen LogP contribution in [0.4, 0.5) is 5.69 Å². The number of rotatable bonds is 19. The minimum Gasteiger partial charge on any atom is -0.373 e. The van der Waals surface area contributed by atoms with Gasteiger partial charge in [0.1, 0.15) is 0 Å². The molecule has 4 atom stereocenters. The molecule has 3 fully saturated rings. The van der Waals surface area contributed by atoms with Crippen LogP contribution in [-0.4, -0.2) is 69.4 Å². The third kappa shape index (κ3) is 9.23. The lowest BCUT2D eigenvalue weighted by Gasteiger charge is -2.30. The fourth-order valence-corrected chi connectivity index (χ4v) is 6.90. The molecule has 3 aliphatic rings. The molecular formula is C41H54N2O4S. The van der Waals surface area contributed by atoms with Crippen molar-refractivity contribution in [3.8, 4) is 0 Å². The third-order valence-electron chi connectivity index (χ3n) is 10.6. The van der Waals surface area contributed by atoms with Crippen molar-refractivity contribution < 1.29 is 19.0 Å². The number of hydrogen-bond donors (Lipinski definition) is 2. The Morgan fingerprint density at radius 1 is 0.750 bits per heavy atom. The van der Waals surface area contributed by atoms with E-state index in [0.29, 0.717) is 24.9 Å². The molecular weight excluding hydrogens is 617 g/mol. The Labute approximate surface area is 293 Å². The van der Waals surface area contributed by atoms with E-state index in [0.717, 1.165) is 70.8 Å². The Morgan fingerprint density at radius 2 is 1.21 bits per heavy atom. The number of anilines is 1. The van der Waals surface area contributed by atoms with Gasteiger partial charge in [-0.15, -0.1) is 0 Å². The van der Waals surface area contributed by atoms with Gasteiger partial charge in [-0.1, -0.05) is 88.4 Å². The second kappa shape index (κ2) is 15.4. The van der Waals surface area contributed by atoms with Crippen molar-refractivity contribution in [3.63, 3.8) is 0 Å². The van der Waals surface area contributed by atoms with E-state index in [9.17, 15) is 4.79 Å². The monoisotopic (exact) mass is 670 g/mol. The Balaban J connectivity index is 1.07. The van der Waals surface area contributed by atoms with Crippen molar-refractivity contribution in [2.45, 2.75) is 88.9 Å². The summed E-state index contributed by atoms with van der Waals surface area (Å²) in [7, 11) is 0. The van der Waals surface area contributed by atoms with E-state index in [2.05, 4.69) is 123 Å². The topological polar surface area (TPSA) is 69.9 Å². The lowest BCUT2D eigenvalue weighted by molar-refractivity contribution is -0.125. The molecule has 3 aromatic carbocycles. The molecule has 0 radical (unpaired) electrons. The highest BCUT2D eigenvalue weighted by Crippen LogP contribution is 2.37. The number of nitrogens with zero attached hydrogens (tertiary/aromatic N) is 1. The molecule has 258 valence electrons. The maximum Gasteiger partial charge on any atom is 0.223 e. The SMILES string of the molecule is CC(C)(c1ccc(CCC(CCC2CO2)C(=O)NCCCS)cc1)c1ccc(C(C)(C)c2ccc(N(CC3CO3)CC3CO3)cc2)cc1. The molecule has 0 aliphatic carbocycles. The Morgan fingerprint density at radius 3 is 1.67 bits per heavy atom. The summed E-state index contributed by atoms with van der Waals surface area (Å²) < 4.78 is 16.4. The number of aryl methyl sites for hydroxylation is 1. The van der Waals surface area contributed by atoms with Crippen LogP contribution in [0.2, 0.25) is 0 Å². The van der Waals surface area contributed by atoms with E-state index in [1.807, 2.05) is 0 Å². The van der Waals surface area contributed by atoms with Crippen LogP contribution < -0.4 is 10.2 Å². The Bertz CT molecular complexity index is 1460. The second-order valence-electron chi connectivity index (χ2n) is 15.0. The van der Waals surface area contributed by atoms with Crippen molar-refractivity contribution in [3.05, 3.63) is 101 Å². The molecule has 4 unspecified atom stereocenters. The largest absolute Gasteiger partial charge is 0.373 e. The van der Waals surface area contributed by atoms with E-state index < -0.39 is 0 Å². The average molecular weight is 671 g/mol. The number of ether oxygens (including phenoxy) is 3. The first-order valence-electron chi connectivity index (χ1n) is 17.9. The normalized spacial score (nSPS) is 20.6. The number of epoxide rings is 3. The van der Waals surface area contributed by atoms with Crippen molar-refractivity contribution in [1.29, 1.82) is 0 Å². The number of nitrogens with one attached hydrogen (secondary N) is 1. The zero-order valence-electron chi connectivity index (χ0n) is 29.3. The standard InChI is InChI=1S/C41H54N2O4S/c1-40(2,31-11-7-29(8-12-31)6-9-30(10-21-36-26-45-36)39(44)42-22-5-23-48)32-13-15-33(16-14-32)41(3,4)34-17-19-35(20-18-34)43(24-37-27-46-37)25-38-28-47-38/h7-8,11-20,30,36-38,48H,5-6,9-10,21-28H2,1-4H3,(H,42,44). The summed E-state index contributed by atoms with van der Waals surface area (Å²) in [4.78, 5) is 15.3. The van der Waals surface area contributed by atoms with Gasteiger partial charge in [0, 0.05) is 42.1 Å². The maximum atomic E-state index is 12.9. The molecule has 3 aliphatic heterocycles. The van der Waals surface area contributed by atoms with Crippen LogP contribution in [0.3, 0.4) is 0 Å². The van der Waals surface area contributed by atoms with Gasteiger partial charge in [0.25, 0.3) is 0 Å². The van der Waals surface area contributed by atoms with Crippen LogP contribution in [0.15, 0.2) is 72.8 Å². The molecule has 3 saturated heterocycles. The van der Waals surface area contributed by atoms with Gasteiger partial charge in [-0.3, -0.25) is 4.79 Å². The lowest BCUT2D eigenvalue weighted by atomic mass is 9.74. The van der Waals surface area contributed by atoms with Crippen molar-refractivity contribution in [2.75, 3.05) is 50.1 Å². The van der Waals surface area contributed by atoms with Gasteiger partial charge in [-0.05, 0) is 77.8 Å². The summed E-state index contributed by atoms with van der Waals surface area (Å²) in [5, 5.41) is 3.12. The molecule has 7 heteroatoms. The van der Waals surface area contributed by atoms with Crippen LogP contribution in [-0.2, 0) is 36.3 Å². The molecule has 3 heterocycles. The number of thiol groups is 1. The first kappa shape index (κ1) is 35.0. The van der Waals surface area contributed by atoms with Gasteiger partial charge < -0.3 is 24.4 Å². The van der Waals surface area contributed by atoms with Crippen molar-refractivity contribution >= 4 is 24.2 Å². The maximum absolute atomic E-state index is 12.9. The van der Waals surface area contributed by atoms with E-state index >= 15 is 0 Å². The fourth-order valence-electron chi connectivity index (χ4n) is 6.74. The van der Waals surface area contributed by atoms with E-state index in [1.54, 1.807) is 0 Å². The van der Waals surface area contributed by atoms with Crippen LogP contribution >= 0.6 is 12.6 Å². The first-order valence-corrected chi connectivity index (χ1v) is 18.6. The smallest absolute Gasteiger partial charge is 0.223 e. The molecule has 6 rings (SSSR count). The lowest BCUT2D eigenvalue weighted by Crippen LogP contribution is -2.32. The van der Waals surface area contributed by atoms with Crippen LogP contribution in [0.1, 0.15) is 81.2 Å². The van der Waals surface area contributed by atoms with Crippen LogP contribution in [0.5, 0.6) is 0 Å². The number of carbonyl (C=O) groups is 1. The zero-order chi connectivity index (χ0) is 33.7. The third-order valence-corrected chi connectivity index (χ3v) is 11.0. The minimum atomic E-state index is -0.136. The first-order chi connectivity index (χ1) is 23.1. The molecule has 6 nitrogen and oxygen atoms in total. The molecule has 0 bridgehead atoms. The van der Waals surface area contributed by atoms with Gasteiger partial charge in [0.05, 0.1) is 38.1 Å². The number of hydrogen-bond acceptors (Lipinski definition) is 6. The van der Waals surface area contributed by atoms with Gasteiger partial charge in [0.2, 0.25) is 5.91 Å². The van der Waals surface area contributed by atoms with Gasteiger partial charge >= 0.3 is 0 Å². The Kier molecular flexibility index (Phi) is 11.2. The summed E-state index contributed by atoms with van der Waals surface area (Å²) in [5.74, 6) is 0.975. The van der Waals surface area contributed by atoms with E-state index in [1.165, 1.54) is 33.5 Å². The van der Waals surface area contributed by atoms with E-state index in [-0.39, 0.29) is 22.7 Å². The molecule has 0 aromatic heterocycles. The summed E-state index contributed by atoms with van der Waals surface area (Å²) in [6.45, 7) is 14.3. The highest BCUT2D eigenvalue weighted by atomic mass is 32.1. The van der Waals surface area contributed by atoms with E-state index in [4.69, 9.17) is 14.2 Å². The number of benzene rings is 3. The summed E-state index contributed by atoms with van der Waals surface area (Å²) >= 11 is 4.27. The quantitative estimate of drug-likeness (QED) is 0.0809. The summed E-state index contributed by atoms with van der Waals surface area (Å²) in [6.07, 6.45) is 5.53. The summed E-state index contributed by atoms with van der Waals surface area (Å²) in [6, 6.07) is 27.3. The van der Waals surface area contributed by atoms with Crippen molar-refractivity contribution in [2.24, 2.45) is 5.92 Å². The molecule has 0 saturated carbocycles. The van der Waals surface area contributed by atoms with Gasteiger partial charge in [0.15, 0.2) is 0 Å². The minimum absolute atomic E-state index is 0.0190. The fraction of sp³-hybridized carbons (Fsp3) is 0.537. The zero-order valence-corrected chi connectivity index (χ0v) is 30.1. The molecule has 3 aromatic rings. The van der Waals surface area contributed by atoms with Crippen LogP contribution in [0.25, 0.3) is 0 Å². The Hall–Kier alpha value is -2.84. The highest BCUT2D eigenvalue weighted by molar-refractivity contribution is 7.80. The predicted octanol–water partition coefficient (Wildman–Crippen LogP) is 7.11. The number of carbonyl (C=O) groups excluding carboxylic acids is 1. The van der Waals surface area contributed by atoms with Crippen LogP contribution in [0, 0.1) is 5.92 Å². The van der Waals surface area contributed by atoms with Crippen molar-refractivity contribution in [1.82, 2.24) is 5.32 Å². The van der Waals surface area contributed by atoms with Gasteiger partial charge in [-0.2, -0.15) is 12.6 Å². The molecule has 1 amide bonds. The average Bonchev–Trinajstić information content (AvgIpc) is 3.94. The molecule has 1 N–H and O–H groups in total. The molecule has 0 spiro atoms. The second-order valence-corrected chi connectivity index (χ2v) is 15.5. The number of amides is 1. The predicted molar refractivity (Wildman–Crippen MR) is 198 cm³/mol. The van der Waals surface area contributed by atoms with Gasteiger partial charge in [-0.25, -0.2) is 0 Å².